The molecule has 2 aliphatic rings. The van der Waals surface area contributed by atoms with Gasteiger partial charge in [-0.05, 0) is 73.1 Å². The second-order valence-electron chi connectivity index (χ2n) is 11.2. The first-order chi connectivity index (χ1) is 20.8. The number of primary amides is 1. The van der Waals surface area contributed by atoms with Crippen molar-refractivity contribution in [2.24, 2.45) is 23.5 Å². The molecule has 4 aromatic rings. The first-order valence-corrected chi connectivity index (χ1v) is 14.9. The van der Waals surface area contributed by atoms with Crippen LogP contribution in [0.4, 0.5) is 0 Å². The molecular formula is C32H30Cl2N6O3. The summed E-state index contributed by atoms with van der Waals surface area (Å²) in [4.78, 5) is 43.8. The normalized spacial score (nSPS) is 21.3. The quantitative estimate of drug-likeness (QED) is 0.253. The Morgan fingerprint density at radius 2 is 1.77 bits per heavy atom. The van der Waals surface area contributed by atoms with E-state index in [4.69, 9.17) is 28.9 Å². The molecule has 0 aliphatic heterocycles. The lowest BCUT2D eigenvalue weighted by molar-refractivity contribution is -0.131. The molecule has 2 aromatic heterocycles. The van der Waals surface area contributed by atoms with E-state index in [1.165, 1.54) is 0 Å². The number of benzene rings is 2. The highest BCUT2D eigenvalue weighted by Gasteiger charge is 2.52. The third-order valence-corrected chi connectivity index (χ3v) is 9.25. The summed E-state index contributed by atoms with van der Waals surface area (Å²) in [6.07, 6.45) is 6.30. The van der Waals surface area contributed by atoms with Gasteiger partial charge in [-0.25, -0.2) is 4.68 Å². The Balaban J connectivity index is 1.25. The molecule has 0 spiro atoms. The molecule has 2 bridgehead atoms. The van der Waals surface area contributed by atoms with Crippen LogP contribution in [0.3, 0.4) is 0 Å². The van der Waals surface area contributed by atoms with Crippen molar-refractivity contribution in [3.63, 3.8) is 0 Å². The lowest BCUT2D eigenvalue weighted by Gasteiger charge is -2.31. The fraction of sp³-hybridized carbons (Fsp3) is 0.281. The van der Waals surface area contributed by atoms with E-state index in [-0.39, 0.29) is 23.4 Å². The lowest BCUT2D eigenvalue weighted by Crippen LogP contribution is -2.54. The number of hydrogen-bond donors (Lipinski definition) is 3. The zero-order valence-electron chi connectivity index (χ0n) is 23.1. The molecule has 2 aromatic carbocycles. The van der Waals surface area contributed by atoms with Crippen LogP contribution in [0.15, 0.2) is 79.1 Å². The van der Waals surface area contributed by atoms with Crippen molar-refractivity contribution < 1.29 is 14.4 Å². The summed E-state index contributed by atoms with van der Waals surface area (Å²) < 4.78 is 1.63. The number of nitrogens with one attached hydrogen (secondary N) is 2. The molecule has 0 radical (unpaired) electrons. The summed E-state index contributed by atoms with van der Waals surface area (Å²) >= 11 is 12.4. The molecule has 6 rings (SSSR count). The number of rotatable bonds is 9. The maximum absolute atomic E-state index is 13.7. The van der Waals surface area contributed by atoms with Gasteiger partial charge in [0.1, 0.15) is 6.04 Å². The highest BCUT2D eigenvalue weighted by atomic mass is 35.5. The van der Waals surface area contributed by atoms with Crippen molar-refractivity contribution in [1.29, 1.82) is 0 Å². The van der Waals surface area contributed by atoms with Crippen molar-refractivity contribution in [3.8, 4) is 16.9 Å². The van der Waals surface area contributed by atoms with E-state index in [2.05, 4.69) is 20.7 Å². The molecule has 3 unspecified atom stereocenters. The minimum atomic E-state index is -0.852. The van der Waals surface area contributed by atoms with E-state index in [0.717, 1.165) is 30.4 Å². The van der Waals surface area contributed by atoms with Crippen molar-refractivity contribution in [2.75, 3.05) is 0 Å². The van der Waals surface area contributed by atoms with Crippen LogP contribution in [0.2, 0.25) is 10.0 Å². The summed E-state index contributed by atoms with van der Waals surface area (Å²) in [5, 5.41) is 11.4. The van der Waals surface area contributed by atoms with Gasteiger partial charge in [0.25, 0.3) is 5.91 Å². The molecule has 9 nitrogen and oxygen atoms in total. The Hall–Kier alpha value is -4.21. The number of aromatic nitrogens is 3. The minimum Gasteiger partial charge on any atom is -0.368 e. The summed E-state index contributed by atoms with van der Waals surface area (Å²) in [5.41, 5.74) is 8.78. The molecule has 2 aliphatic carbocycles. The van der Waals surface area contributed by atoms with Crippen molar-refractivity contribution in [2.45, 2.75) is 37.8 Å². The minimum absolute atomic E-state index is 0.111. The number of nitrogens with zero attached hydrogens (tertiary/aromatic N) is 3. The molecule has 2 heterocycles. The first kappa shape index (κ1) is 28.9. The van der Waals surface area contributed by atoms with Gasteiger partial charge in [0.2, 0.25) is 11.8 Å². The van der Waals surface area contributed by atoms with Gasteiger partial charge in [0.05, 0.1) is 27.3 Å². The van der Waals surface area contributed by atoms with Gasteiger partial charge in [-0.15, -0.1) is 0 Å². The Labute approximate surface area is 258 Å². The average molecular weight is 618 g/mol. The van der Waals surface area contributed by atoms with E-state index < -0.39 is 29.8 Å². The number of pyridine rings is 1. The Morgan fingerprint density at radius 3 is 2.49 bits per heavy atom. The average Bonchev–Trinajstić information content (AvgIpc) is 3.75. The van der Waals surface area contributed by atoms with Gasteiger partial charge in [-0.1, -0.05) is 53.5 Å². The van der Waals surface area contributed by atoms with Gasteiger partial charge >= 0.3 is 0 Å². The van der Waals surface area contributed by atoms with Crippen molar-refractivity contribution in [1.82, 2.24) is 25.4 Å². The predicted molar refractivity (Wildman–Crippen MR) is 164 cm³/mol. The number of hydrogen-bond acceptors (Lipinski definition) is 5. The zero-order chi connectivity index (χ0) is 30.1. The van der Waals surface area contributed by atoms with Crippen LogP contribution < -0.4 is 16.4 Å². The molecule has 11 heteroatoms. The fourth-order valence-corrected chi connectivity index (χ4v) is 6.76. The van der Waals surface area contributed by atoms with Crippen LogP contribution >= 0.6 is 23.2 Å². The SMILES string of the molecule is NC(=O)[C@H](Cc1ccccc1)NC(=O)[C@H]1C2CCC(C2)C1NC(=O)c1cc(-c2cccnc2)n(-c2ccc(Cl)c(Cl)c2)n1. The molecule has 3 amide bonds. The highest BCUT2D eigenvalue weighted by Crippen LogP contribution is 2.48. The van der Waals surface area contributed by atoms with Crippen molar-refractivity contribution >= 4 is 40.9 Å². The maximum atomic E-state index is 13.7. The number of amides is 3. The second kappa shape index (κ2) is 12.2. The smallest absolute Gasteiger partial charge is 0.272 e. The van der Waals surface area contributed by atoms with Gasteiger partial charge in [-0.2, -0.15) is 5.10 Å². The first-order valence-electron chi connectivity index (χ1n) is 14.2. The fourth-order valence-electron chi connectivity index (χ4n) is 6.47. The lowest BCUT2D eigenvalue weighted by atomic mass is 9.83. The molecule has 2 saturated carbocycles. The highest BCUT2D eigenvalue weighted by molar-refractivity contribution is 6.42. The van der Waals surface area contributed by atoms with Crippen LogP contribution in [0.5, 0.6) is 0 Å². The summed E-state index contributed by atoms with van der Waals surface area (Å²) in [5.74, 6) is -1.47. The van der Waals surface area contributed by atoms with Crippen LogP contribution in [0.25, 0.3) is 16.9 Å². The maximum Gasteiger partial charge on any atom is 0.272 e. The molecular weight excluding hydrogens is 587 g/mol. The molecule has 43 heavy (non-hydrogen) atoms. The van der Waals surface area contributed by atoms with Crippen LogP contribution in [0, 0.1) is 17.8 Å². The number of carbonyl (C=O) groups is 3. The zero-order valence-corrected chi connectivity index (χ0v) is 24.6. The van der Waals surface area contributed by atoms with E-state index in [1.54, 1.807) is 47.4 Å². The van der Waals surface area contributed by atoms with Crippen LogP contribution in [-0.4, -0.2) is 44.6 Å². The predicted octanol–water partition coefficient (Wildman–Crippen LogP) is 4.60. The van der Waals surface area contributed by atoms with Crippen LogP contribution in [0.1, 0.15) is 35.3 Å². The van der Waals surface area contributed by atoms with E-state index in [9.17, 15) is 14.4 Å². The standard InChI is InChI=1S/C32H30Cl2N6O3/c33-23-11-10-22(15-24(23)34)40-27(21-7-4-12-36-17-21)16-26(39-40)31(42)38-29-20-9-8-19(14-20)28(29)32(43)37-25(30(35)41)13-18-5-2-1-3-6-18/h1-7,10-12,15-17,19-20,25,28-29H,8-9,13-14H2,(H2,35,41)(H,37,43)(H,38,42)/t19?,20?,25-,28-,29?/m0/s1. The molecule has 0 saturated heterocycles. The van der Waals surface area contributed by atoms with E-state index in [0.29, 0.717) is 27.8 Å². The molecule has 5 atom stereocenters. The van der Waals surface area contributed by atoms with E-state index >= 15 is 0 Å². The Bertz CT molecular complexity index is 1660. The van der Waals surface area contributed by atoms with Gasteiger partial charge < -0.3 is 16.4 Å². The van der Waals surface area contributed by atoms with Gasteiger partial charge in [0.15, 0.2) is 5.69 Å². The summed E-state index contributed by atoms with van der Waals surface area (Å²) in [6.45, 7) is 0. The molecule has 220 valence electrons. The second-order valence-corrected chi connectivity index (χ2v) is 12.0. The van der Waals surface area contributed by atoms with E-state index in [1.807, 2.05) is 36.4 Å². The summed E-state index contributed by atoms with van der Waals surface area (Å²) in [6, 6.07) is 18.7. The Kier molecular flexibility index (Phi) is 8.19. The third kappa shape index (κ3) is 6.00. The number of carbonyl (C=O) groups excluding carboxylic acids is 3. The largest absolute Gasteiger partial charge is 0.368 e. The Morgan fingerprint density at radius 1 is 0.977 bits per heavy atom. The third-order valence-electron chi connectivity index (χ3n) is 8.51. The molecule has 4 N–H and O–H groups in total. The van der Waals surface area contributed by atoms with Gasteiger partial charge in [-0.3, -0.25) is 19.4 Å². The topological polar surface area (TPSA) is 132 Å². The number of nitrogens with two attached hydrogens (primary N) is 1. The number of fused-ring (bicyclic) bond motifs is 2. The van der Waals surface area contributed by atoms with Crippen LogP contribution in [-0.2, 0) is 16.0 Å². The summed E-state index contributed by atoms with van der Waals surface area (Å²) in [7, 11) is 0. The van der Waals surface area contributed by atoms with Gasteiger partial charge in [0, 0.05) is 30.4 Å². The monoisotopic (exact) mass is 616 g/mol. The van der Waals surface area contributed by atoms with Crippen molar-refractivity contribution in [3.05, 3.63) is 100 Å². The molecule has 2 fully saturated rings. The number of halogens is 2.